The first kappa shape index (κ1) is 18.9. The molecule has 1 amide bonds. The van der Waals surface area contributed by atoms with Crippen LogP contribution < -0.4 is 4.74 Å². The van der Waals surface area contributed by atoms with E-state index in [0.717, 1.165) is 23.1 Å². The summed E-state index contributed by atoms with van der Waals surface area (Å²) in [5.41, 5.74) is 2.96. The monoisotopic (exact) mass is 397 g/mol. The first-order valence-electron chi connectivity index (χ1n) is 9.37. The summed E-state index contributed by atoms with van der Waals surface area (Å²) in [6, 6.07) is 15.2. The van der Waals surface area contributed by atoms with Crippen molar-refractivity contribution in [3.05, 3.63) is 65.2 Å². The van der Waals surface area contributed by atoms with Gasteiger partial charge in [-0.3, -0.25) is 4.79 Å². The molecule has 2 fully saturated rings. The second-order valence-electron chi connectivity index (χ2n) is 7.16. The molecule has 4 rings (SSSR count). The Morgan fingerprint density at radius 1 is 1.25 bits per heavy atom. The molecule has 0 saturated carbocycles. The summed E-state index contributed by atoms with van der Waals surface area (Å²) in [5.74, 6) is 0.896. The molecule has 2 aromatic rings. The van der Waals surface area contributed by atoms with Crippen LogP contribution in [0.2, 0.25) is 0 Å². The number of hydrogen-bond donors (Lipinski definition) is 0. The van der Waals surface area contributed by atoms with E-state index < -0.39 is 10.9 Å². The molecule has 2 aliphatic rings. The van der Waals surface area contributed by atoms with Crippen LogP contribution in [0.3, 0.4) is 0 Å². The molecule has 0 aromatic heterocycles. The van der Waals surface area contributed by atoms with Gasteiger partial charge in [-0.05, 0) is 31.0 Å². The highest BCUT2D eigenvalue weighted by Gasteiger charge is 2.57. The molecule has 5 nitrogen and oxygen atoms in total. The van der Waals surface area contributed by atoms with Gasteiger partial charge in [-0.15, -0.1) is 11.8 Å². The van der Waals surface area contributed by atoms with Gasteiger partial charge in [0.25, 0.3) is 0 Å². The second kappa shape index (κ2) is 7.51. The van der Waals surface area contributed by atoms with Crippen molar-refractivity contribution in [3.8, 4) is 5.75 Å². The summed E-state index contributed by atoms with van der Waals surface area (Å²) >= 11 is 1.67. The fourth-order valence-electron chi connectivity index (χ4n) is 4.08. The summed E-state index contributed by atoms with van der Waals surface area (Å²) < 4.78 is 11.0. The number of methoxy groups -OCH3 is 1. The van der Waals surface area contributed by atoms with Gasteiger partial charge < -0.3 is 14.4 Å². The average molecular weight is 397 g/mol. The molecule has 2 aromatic carbocycles. The number of carbonyl (C=O) groups is 2. The SMILES string of the molecule is COc1ccc(C)cc1COC(=O)[C@@H]1CS[C@]2(c3ccccc3)CCC(=O)N12. The van der Waals surface area contributed by atoms with Crippen molar-refractivity contribution in [3.63, 3.8) is 0 Å². The third-order valence-electron chi connectivity index (χ3n) is 5.43. The van der Waals surface area contributed by atoms with Gasteiger partial charge in [-0.25, -0.2) is 4.79 Å². The summed E-state index contributed by atoms with van der Waals surface area (Å²) in [6.45, 7) is 2.11. The second-order valence-corrected chi connectivity index (χ2v) is 8.46. The number of amides is 1. The van der Waals surface area contributed by atoms with Crippen LogP contribution in [0.4, 0.5) is 0 Å². The van der Waals surface area contributed by atoms with Crippen molar-refractivity contribution in [1.29, 1.82) is 0 Å². The van der Waals surface area contributed by atoms with Crippen LogP contribution >= 0.6 is 11.8 Å². The van der Waals surface area contributed by atoms with Gasteiger partial charge in [0.1, 0.15) is 23.3 Å². The van der Waals surface area contributed by atoms with E-state index in [1.54, 1.807) is 23.8 Å². The van der Waals surface area contributed by atoms with Crippen molar-refractivity contribution in [1.82, 2.24) is 4.90 Å². The first-order chi connectivity index (χ1) is 13.5. The van der Waals surface area contributed by atoms with E-state index >= 15 is 0 Å². The summed E-state index contributed by atoms with van der Waals surface area (Å²) in [5, 5.41) is 0. The van der Waals surface area contributed by atoms with Gasteiger partial charge in [0.05, 0.1) is 7.11 Å². The summed E-state index contributed by atoms with van der Waals surface area (Å²) in [7, 11) is 1.60. The van der Waals surface area contributed by atoms with Crippen LogP contribution in [0.25, 0.3) is 0 Å². The molecule has 0 radical (unpaired) electrons. The highest BCUT2D eigenvalue weighted by atomic mass is 32.2. The number of nitrogens with zero attached hydrogens (tertiary/aromatic N) is 1. The molecule has 2 atom stereocenters. The van der Waals surface area contributed by atoms with Crippen molar-refractivity contribution in [2.75, 3.05) is 12.9 Å². The molecular formula is C22H23NO4S. The Hall–Kier alpha value is -2.47. The third-order valence-corrected chi connectivity index (χ3v) is 7.03. The Morgan fingerprint density at radius 2 is 2.04 bits per heavy atom. The molecule has 0 spiro atoms. The van der Waals surface area contributed by atoms with Crippen molar-refractivity contribution in [2.24, 2.45) is 0 Å². The zero-order valence-corrected chi connectivity index (χ0v) is 16.8. The largest absolute Gasteiger partial charge is 0.496 e. The Labute approximate surface area is 169 Å². The number of carbonyl (C=O) groups excluding carboxylic acids is 2. The summed E-state index contributed by atoms with van der Waals surface area (Å²) in [6.07, 6.45) is 1.17. The molecule has 6 heteroatoms. The number of hydrogen-bond acceptors (Lipinski definition) is 5. The lowest BCUT2D eigenvalue weighted by atomic mass is 10.0. The normalized spacial score (nSPS) is 23.6. The smallest absolute Gasteiger partial charge is 0.330 e. The quantitative estimate of drug-likeness (QED) is 0.721. The lowest BCUT2D eigenvalue weighted by Crippen LogP contribution is -2.46. The van der Waals surface area contributed by atoms with E-state index in [1.807, 2.05) is 55.5 Å². The highest BCUT2D eigenvalue weighted by molar-refractivity contribution is 8.00. The van der Waals surface area contributed by atoms with Gasteiger partial charge in [0, 0.05) is 17.7 Å². The zero-order chi connectivity index (χ0) is 19.7. The maximum absolute atomic E-state index is 12.9. The Balaban J connectivity index is 1.53. The average Bonchev–Trinajstić information content (AvgIpc) is 3.26. The van der Waals surface area contributed by atoms with E-state index in [1.165, 1.54) is 0 Å². The van der Waals surface area contributed by atoms with Crippen LogP contribution in [0.5, 0.6) is 5.75 Å². The van der Waals surface area contributed by atoms with Crippen LogP contribution in [0.15, 0.2) is 48.5 Å². The van der Waals surface area contributed by atoms with E-state index in [-0.39, 0.29) is 18.5 Å². The molecule has 0 unspecified atom stereocenters. The van der Waals surface area contributed by atoms with Crippen LogP contribution in [-0.2, 0) is 25.8 Å². The molecule has 2 heterocycles. The van der Waals surface area contributed by atoms with Crippen LogP contribution in [-0.4, -0.2) is 35.7 Å². The zero-order valence-electron chi connectivity index (χ0n) is 16.0. The number of benzene rings is 2. The maximum atomic E-state index is 12.9. The van der Waals surface area contributed by atoms with E-state index in [9.17, 15) is 9.59 Å². The maximum Gasteiger partial charge on any atom is 0.330 e. The predicted octanol–water partition coefficient (Wildman–Crippen LogP) is 3.64. The number of esters is 1. The number of fused-ring (bicyclic) bond motifs is 1. The molecule has 0 N–H and O–H groups in total. The minimum absolute atomic E-state index is 0.0175. The van der Waals surface area contributed by atoms with Crippen LogP contribution in [0, 0.1) is 6.92 Å². The topological polar surface area (TPSA) is 55.8 Å². The highest BCUT2D eigenvalue weighted by Crippen LogP contribution is 2.54. The van der Waals surface area contributed by atoms with Gasteiger partial charge in [-0.1, -0.05) is 42.0 Å². The minimum Gasteiger partial charge on any atom is -0.496 e. The standard InChI is InChI=1S/C22H23NO4S/c1-15-8-9-19(26-2)16(12-15)13-27-21(25)18-14-28-22(11-10-20(24)23(18)22)17-6-4-3-5-7-17/h3-9,12,18H,10-11,13-14H2,1-2H3/t18-,22-/m0/s1. The Bertz CT molecular complexity index is 901. The molecule has 0 bridgehead atoms. The van der Waals surface area contributed by atoms with Crippen molar-refractivity contribution < 1.29 is 19.1 Å². The Kier molecular flexibility index (Phi) is 5.06. The van der Waals surface area contributed by atoms with Gasteiger partial charge >= 0.3 is 5.97 Å². The van der Waals surface area contributed by atoms with E-state index in [4.69, 9.17) is 9.47 Å². The van der Waals surface area contributed by atoms with Gasteiger partial charge in [-0.2, -0.15) is 0 Å². The third kappa shape index (κ3) is 3.15. The van der Waals surface area contributed by atoms with Crippen molar-refractivity contribution >= 4 is 23.6 Å². The first-order valence-corrected chi connectivity index (χ1v) is 10.4. The summed E-state index contributed by atoms with van der Waals surface area (Å²) in [4.78, 5) is 26.8. The fourth-order valence-corrected chi connectivity index (χ4v) is 5.72. The number of thioether (sulfide) groups is 1. The van der Waals surface area contributed by atoms with Crippen LogP contribution in [0.1, 0.15) is 29.5 Å². The molecule has 2 saturated heterocycles. The lowest BCUT2D eigenvalue weighted by molar-refractivity contribution is -0.155. The molecule has 0 aliphatic carbocycles. The lowest BCUT2D eigenvalue weighted by Gasteiger charge is -2.33. The number of aryl methyl sites for hydroxylation is 1. The van der Waals surface area contributed by atoms with E-state index in [0.29, 0.717) is 17.9 Å². The molecule has 2 aliphatic heterocycles. The van der Waals surface area contributed by atoms with Gasteiger partial charge in [0.2, 0.25) is 5.91 Å². The fraction of sp³-hybridized carbons (Fsp3) is 0.364. The van der Waals surface area contributed by atoms with Crippen molar-refractivity contribution in [2.45, 2.75) is 37.3 Å². The van der Waals surface area contributed by atoms with E-state index in [2.05, 4.69) is 0 Å². The Morgan fingerprint density at radius 3 is 2.79 bits per heavy atom. The molecular weight excluding hydrogens is 374 g/mol. The number of ether oxygens (including phenoxy) is 2. The predicted molar refractivity (Wildman–Crippen MR) is 108 cm³/mol. The molecule has 28 heavy (non-hydrogen) atoms. The van der Waals surface area contributed by atoms with Gasteiger partial charge in [0.15, 0.2) is 0 Å². The minimum atomic E-state index is -0.559. The molecule has 146 valence electrons. The number of rotatable bonds is 5.